The van der Waals surface area contributed by atoms with Crippen molar-refractivity contribution in [1.82, 2.24) is 0 Å². The minimum absolute atomic E-state index is 0.0297. The molecule has 3 heteroatoms. The highest BCUT2D eigenvalue weighted by molar-refractivity contribution is 5.93. The molecule has 0 saturated carbocycles. The van der Waals surface area contributed by atoms with E-state index < -0.39 is 11.6 Å². The van der Waals surface area contributed by atoms with E-state index in [2.05, 4.69) is 5.92 Å². The Morgan fingerprint density at radius 1 is 1.32 bits per heavy atom. The fraction of sp³-hybridized carbons (Fsp3) is 0.438. The summed E-state index contributed by atoms with van der Waals surface area (Å²) in [4.78, 5) is 12.2. The average molecular weight is 260 g/mol. The first-order valence-electron chi connectivity index (χ1n) is 6.23. The van der Waals surface area contributed by atoms with Gasteiger partial charge in [-0.25, -0.2) is 4.79 Å². The lowest BCUT2D eigenvalue weighted by Crippen LogP contribution is -2.24. The van der Waals surface area contributed by atoms with Gasteiger partial charge in [0.15, 0.2) is 0 Å². The Kier molecular flexibility index (Phi) is 4.61. The van der Waals surface area contributed by atoms with E-state index in [9.17, 15) is 4.79 Å². The van der Waals surface area contributed by atoms with Crippen molar-refractivity contribution in [2.45, 2.75) is 46.3 Å². The SMILES string of the molecule is C#Cc1ccc(OC(C)C)c(C(=O)OC(C)(C)C)c1. The van der Waals surface area contributed by atoms with E-state index in [0.717, 1.165) is 0 Å². The van der Waals surface area contributed by atoms with Crippen LogP contribution in [0, 0.1) is 12.3 Å². The van der Waals surface area contributed by atoms with Crippen molar-refractivity contribution >= 4 is 5.97 Å². The second-order valence-electron chi connectivity index (χ2n) is 5.52. The minimum atomic E-state index is -0.557. The fourth-order valence-electron chi connectivity index (χ4n) is 1.47. The summed E-state index contributed by atoms with van der Waals surface area (Å²) in [5.41, 5.74) is 0.425. The summed E-state index contributed by atoms with van der Waals surface area (Å²) in [6.45, 7) is 9.25. The summed E-state index contributed by atoms with van der Waals surface area (Å²) in [5.74, 6) is 2.56. The van der Waals surface area contributed by atoms with Crippen LogP contribution >= 0.6 is 0 Å². The molecule has 1 aromatic carbocycles. The van der Waals surface area contributed by atoms with Gasteiger partial charge in [-0.05, 0) is 52.8 Å². The summed E-state index contributed by atoms with van der Waals surface area (Å²) in [6, 6.07) is 5.06. The molecule has 1 rings (SSSR count). The average Bonchev–Trinajstić information content (AvgIpc) is 2.26. The predicted molar refractivity (Wildman–Crippen MR) is 75.3 cm³/mol. The summed E-state index contributed by atoms with van der Waals surface area (Å²) in [6.07, 6.45) is 5.32. The summed E-state index contributed by atoms with van der Waals surface area (Å²) >= 11 is 0. The number of terminal acetylenes is 1. The van der Waals surface area contributed by atoms with Gasteiger partial charge in [0.2, 0.25) is 0 Å². The summed E-state index contributed by atoms with van der Waals surface area (Å²) in [7, 11) is 0. The third kappa shape index (κ3) is 4.67. The van der Waals surface area contributed by atoms with Gasteiger partial charge in [0.25, 0.3) is 0 Å². The first kappa shape index (κ1) is 15.1. The third-order valence-corrected chi connectivity index (χ3v) is 2.13. The highest BCUT2D eigenvalue weighted by Crippen LogP contribution is 2.24. The van der Waals surface area contributed by atoms with Crippen molar-refractivity contribution in [2.75, 3.05) is 0 Å². The van der Waals surface area contributed by atoms with E-state index in [0.29, 0.717) is 16.9 Å². The molecular weight excluding hydrogens is 240 g/mol. The van der Waals surface area contributed by atoms with Gasteiger partial charge in [0.1, 0.15) is 16.9 Å². The first-order valence-corrected chi connectivity index (χ1v) is 6.23. The zero-order valence-electron chi connectivity index (χ0n) is 12.1. The van der Waals surface area contributed by atoms with Crippen LogP contribution in [-0.2, 0) is 4.74 Å². The smallest absolute Gasteiger partial charge is 0.342 e. The Bertz CT molecular complexity index is 502. The maximum Gasteiger partial charge on any atom is 0.342 e. The molecule has 0 saturated heterocycles. The van der Waals surface area contributed by atoms with Crippen LogP contribution in [0.5, 0.6) is 5.75 Å². The molecule has 0 spiro atoms. The largest absolute Gasteiger partial charge is 0.490 e. The van der Waals surface area contributed by atoms with Gasteiger partial charge >= 0.3 is 5.97 Å². The molecule has 102 valence electrons. The lowest BCUT2D eigenvalue weighted by atomic mass is 10.1. The lowest BCUT2D eigenvalue weighted by Gasteiger charge is -2.21. The number of carbonyl (C=O) groups is 1. The van der Waals surface area contributed by atoms with Crippen LogP contribution in [0.3, 0.4) is 0 Å². The van der Waals surface area contributed by atoms with Crippen molar-refractivity contribution < 1.29 is 14.3 Å². The number of ether oxygens (including phenoxy) is 2. The van der Waals surface area contributed by atoms with Gasteiger partial charge in [0, 0.05) is 5.56 Å². The van der Waals surface area contributed by atoms with E-state index in [1.54, 1.807) is 18.2 Å². The lowest BCUT2D eigenvalue weighted by molar-refractivity contribution is 0.00648. The quantitative estimate of drug-likeness (QED) is 0.617. The van der Waals surface area contributed by atoms with E-state index in [-0.39, 0.29) is 6.10 Å². The van der Waals surface area contributed by atoms with Crippen LogP contribution in [0.1, 0.15) is 50.5 Å². The highest BCUT2D eigenvalue weighted by atomic mass is 16.6. The van der Waals surface area contributed by atoms with Crippen LogP contribution in [0.4, 0.5) is 0 Å². The molecule has 19 heavy (non-hydrogen) atoms. The Balaban J connectivity index is 3.14. The van der Waals surface area contributed by atoms with Crippen molar-refractivity contribution in [2.24, 2.45) is 0 Å². The summed E-state index contributed by atoms with van der Waals surface area (Å²) in [5, 5.41) is 0. The first-order chi connectivity index (χ1) is 8.73. The monoisotopic (exact) mass is 260 g/mol. The zero-order valence-corrected chi connectivity index (χ0v) is 12.1. The van der Waals surface area contributed by atoms with Gasteiger partial charge in [0.05, 0.1) is 6.10 Å². The molecule has 0 N–H and O–H groups in total. The Morgan fingerprint density at radius 3 is 2.42 bits per heavy atom. The van der Waals surface area contributed by atoms with E-state index in [4.69, 9.17) is 15.9 Å². The van der Waals surface area contributed by atoms with Crippen LogP contribution in [0.15, 0.2) is 18.2 Å². The third-order valence-electron chi connectivity index (χ3n) is 2.13. The Hall–Kier alpha value is -1.95. The van der Waals surface area contributed by atoms with Crippen LogP contribution in [-0.4, -0.2) is 17.7 Å². The molecule has 3 nitrogen and oxygen atoms in total. The van der Waals surface area contributed by atoms with Gasteiger partial charge in [-0.2, -0.15) is 0 Å². The van der Waals surface area contributed by atoms with Crippen LogP contribution in [0.25, 0.3) is 0 Å². The highest BCUT2D eigenvalue weighted by Gasteiger charge is 2.21. The molecule has 0 aliphatic carbocycles. The second kappa shape index (κ2) is 5.79. The number of hydrogen-bond donors (Lipinski definition) is 0. The molecule has 0 unspecified atom stereocenters. The van der Waals surface area contributed by atoms with Crippen molar-refractivity contribution in [3.8, 4) is 18.1 Å². The fourth-order valence-corrected chi connectivity index (χ4v) is 1.47. The molecule has 0 heterocycles. The molecule has 0 aliphatic heterocycles. The number of carbonyl (C=O) groups excluding carboxylic acids is 1. The molecule has 0 bridgehead atoms. The number of hydrogen-bond acceptors (Lipinski definition) is 3. The Labute approximate surface area is 114 Å². The van der Waals surface area contributed by atoms with Crippen molar-refractivity contribution in [3.63, 3.8) is 0 Å². The van der Waals surface area contributed by atoms with Gasteiger partial charge in [-0.15, -0.1) is 6.42 Å². The normalized spacial score (nSPS) is 11.0. The maximum atomic E-state index is 12.2. The van der Waals surface area contributed by atoms with E-state index >= 15 is 0 Å². The van der Waals surface area contributed by atoms with E-state index in [1.807, 2.05) is 34.6 Å². The van der Waals surface area contributed by atoms with Gasteiger partial charge in [-0.3, -0.25) is 0 Å². The number of esters is 1. The summed E-state index contributed by atoms with van der Waals surface area (Å²) < 4.78 is 11.0. The number of rotatable bonds is 3. The maximum absolute atomic E-state index is 12.2. The van der Waals surface area contributed by atoms with Crippen molar-refractivity contribution in [1.29, 1.82) is 0 Å². The number of benzene rings is 1. The van der Waals surface area contributed by atoms with Crippen molar-refractivity contribution in [3.05, 3.63) is 29.3 Å². The van der Waals surface area contributed by atoms with Crippen LogP contribution < -0.4 is 4.74 Å². The molecular formula is C16H20O3. The predicted octanol–water partition coefficient (Wildman–Crippen LogP) is 3.41. The molecule has 0 radical (unpaired) electrons. The molecule has 0 fully saturated rings. The molecule has 0 aliphatic rings. The molecule has 0 atom stereocenters. The molecule has 0 aromatic heterocycles. The molecule has 1 aromatic rings. The Morgan fingerprint density at radius 2 is 1.95 bits per heavy atom. The standard InChI is InChI=1S/C16H20O3/c1-7-12-8-9-14(18-11(2)3)13(10-12)15(17)19-16(4,5)6/h1,8-11H,2-6H3. The minimum Gasteiger partial charge on any atom is -0.490 e. The van der Waals surface area contributed by atoms with Gasteiger partial charge in [-0.1, -0.05) is 5.92 Å². The topological polar surface area (TPSA) is 35.5 Å². The van der Waals surface area contributed by atoms with E-state index in [1.165, 1.54) is 0 Å². The zero-order chi connectivity index (χ0) is 14.6. The van der Waals surface area contributed by atoms with Crippen LogP contribution in [0.2, 0.25) is 0 Å². The second-order valence-corrected chi connectivity index (χ2v) is 5.52. The molecule has 0 amide bonds. The van der Waals surface area contributed by atoms with Gasteiger partial charge < -0.3 is 9.47 Å².